The lowest BCUT2D eigenvalue weighted by Gasteiger charge is -2.04. The van der Waals surface area contributed by atoms with Gasteiger partial charge in [0, 0.05) is 0 Å². The van der Waals surface area contributed by atoms with Gasteiger partial charge in [-0.25, -0.2) is 10.8 Å². The van der Waals surface area contributed by atoms with Crippen LogP contribution in [0.15, 0.2) is 45.6 Å². The first-order valence-electron chi connectivity index (χ1n) is 5.17. The van der Waals surface area contributed by atoms with Gasteiger partial charge in [-0.3, -0.25) is 5.43 Å². The van der Waals surface area contributed by atoms with Gasteiger partial charge in [-0.05, 0) is 24.3 Å². The fourth-order valence-electron chi connectivity index (χ4n) is 1.55. The molecular formula is C11H9N5O2. The summed E-state index contributed by atoms with van der Waals surface area (Å²) in [7, 11) is 0. The summed E-state index contributed by atoms with van der Waals surface area (Å²) in [5.74, 6) is 6.60. The summed E-state index contributed by atoms with van der Waals surface area (Å²) < 4.78 is 10.6. The third kappa shape index (κ3) is 1.72. The van der Waals surface area contributed by atoms with Crippen LogP contribution >= 0.6 is 0 Å². The molecule has 0 aromatic carbocycles. The van der Waals surface area contributed by atoms with E-state index in [-0.39, 0.29) is 5.95 Å². The van der Waals surface area contributed by atoms with Gasteiger partial charge in [0.05, 0.1) is 12.5 Å². The van der Waals surface area contributed by atoms with E-state index in [9.17, 15) is 0 Å². The largest absolute Gasteiger partial charge is 0.463 e. The van der Waals surface area contributed by atoms with E-state index in [1.54, 1.807) is 36.8 Å². The van der Waals surface area contributed by atoms with Crippen LogP contribution in [0.1, 0.15) is 0 Å². The summed E-state index contributed by atoms with van der Waals surface area (Å²) in [4.78, 5) is 4.23. The maximum Gasteiger partial charge on any atom is 0.257 e. The van der Waals surface area contributed by atoms with Crippen molar-refractivity contribution >= 4 is 5.95 Å². The van der Waals surface area contributed by atoms with E-state index < -0.39 is 0 Å². The zero-order valence-electron chi connectivity index (χ0n) is 9.20. The molecule has 0 unspecified atom stereocenters. The first-order chi connectivity index (χ1) is 8.88. The predicted octanol–water partition coefficient (Wildman–Crippen LogP) is 1.68. The van der Waals surface area contributed by atoms with Gasteiger partial charge in [0.1, 0.15) is 5.69 Å². The highest BCUT2D eigenvalue weighted by molar-refractivity contribution is 5.72. The van der Waals surface area contributed by atoms with Crippen LogP contribution in [0, 0.1) is 0 Å². The predicted molar refractivity (Wildman–Crippen MR) is 63.0 cm³/mol. The van der Waals surface area contributed by atoms with Gasteiger partial charge in [0.15, 0.2) is 17.2 Å². The van der Waals surface area contributed by atoms with Crippen LogP contribution in [0.25, 0.3) is 22.9 Å². The number of nitrogens with two attached hydrogens (primary N) is 1. The SMILES string of the molecule is NNc1nnc(-c2ccco2)c(-c2ccco2)n1. The van der Waals surface area contributed by atoms with Crippen molar-refractivity contribution in [3.8, 4) is 22.9 Å². The number of hydrazine groups is 1. The van der Waals surface area contributed by atoms with Crippen LogP contribution in [0.4, 0.5) is 5.95 Å². The van der Waals surface area contributed by atoms with Crippen LogP contribution in [0.3, 0.4) is 0 Å². The third-order valence-electron chi connectivity index (χ3n) is 2.32. The van der Waals surface area contributed by atoms with Crippen molar-refractivity contribution in [1.82, 2.24) is 15.2 Å². The average molecular weight is 243 g/mol. The molecule has 7 heteroatoms. The zero-order valence-corrected chi connectivity index (χ0v) is 9.20. The minimum atomic E-state index is 0.205. The summed E-state index contributed by atoms with van der Waals surface area (Å²) >= 11 is 0. The Hall–Kier alpha value is -2.67. The molecule has 3 rings (SSSR count). The molecule has 0 bridgehead atoms. The monoisotopic (exact) mass is 243 g/mol. The number of furan rings is 2. The van der Waals surface area contributed by atoms with Gasteiger partial charge in [-0.15, -0.1) is 10.2 Å². The van der Waals surface area contributed by atoms with E-state index in [1.807, 2.05) is 0 Å². The summed E-state index contributed by atoms with van der Waals surface area (Å²) in [5.41, 5.74) is 3.35. The lowest BCUT2D eigenvalue weighted by molar-refractivity contribution is 0.570. The molecule has 0 saturated heterocycles. The van der Waals surface area contributed by atoms with Crippen molar-refractivity contribution in [2.75, 3.05) is 5.43 Å². The second-order valence-corrected chi connectivity index (χ2v) is 3.43. The van der Waals surface area contributed by atoms with Crippen LogP contribution in [-0.2, 0) is 0 Å². The van der Waals surface area contributed by atoms with E-state index in [0.717, 1.165) is 0 Å². The number of hydrogen-bond acceptors (Lipinski definition) is 7. The zero-order chi connectivity index (χ0) is 12.4. The summed E-state index contributed by atoms with van der Waals surface area (Å²) in [6.45, 7) is 0. The molecule has 0 aliphatic carbocycles. The molecule has 0 atom stereocenters. The highest BCUT2D eigenvalue weighted by atomic mass is 16.3. The quantitative estimate of drug-likeness (QED) is 0.532. The van der Waals surface area contributed by atoms with Crippen molar-refractivity contribution in [2.24, 2.45) is 5.84 Å². The normalized spacial score (nSPS) is 10.5. The molecule has 0 spiro atoms. The Morgan fingerprint density at radius 1 is 0.944 bits per heavy atom. The number of nitrogen functional groups attached to an aromatic ring is 1. The topological polar surface area (TPSA) is 103 Å². The highest BCUT2D eigenvalue weighted by Crippen LogP contribution is 2.29. The molecular weight excluding hydrogens is 234 g/mol. The number of anilines is 1. The maximum absolute atomic E-state index is 5.32. The van der Waals surface area contributed by atoms with Crippen molar-refractivity contribution in [1.29, 1.82) is 0 Å². The van der Waals surface area contributed by atoms with E-state index in [0.29, 0.717) is 22.9 Å². The maximum atomic E-state index is 5.32. The fraction of sp³-hybridized carbons (Fsp3) is 0. The van der Waals surface area contributed by atoms with Crippen molar-refractivity contribution in [2.45, 2.75) is 0 Å². The molecule has 18 heavy (non-hydrogen) atoms. The van der Waals surface area contributed by atoms with Crippen LogP contribution in [0.2, 0.25) is 0 Å². The Balaban J connectivity index is 2.19. The molecule has 3 aromatic rings. The number of aromatic nitrogens is 3. The molecule has 7 nitrogen and oxygen atoms in total. The summed E-state index contributed by atoms with van der Waals surface area (Å²) in [5, 5.41) is 7.86. The molecule has 0 radical (unpaired) electrons. The van der Waals surface area contributed by atoms with Gasteiger partial charge in [0.25, 0.3) is 5.95 Å². The second kappa shape index (κ2) is 4.30. The summed E-state index contributed by atoms with van der Waals surface area (Å²) in [6, 6.07) is 7.07. The molecule has 0 aliphatic rings. The Bertz CT molecular complexity index is 634. The van der Waals surface area contributed by atoms with E-state index in [1.165, 1.54) is 0 Å². The third-order valence-corrected chi connectivity index (χ3v) is 2.32. The van der Waals surface area contributed by atoms with Gasteiger partial charge >= 0.3 is 0 Å². The molecule has 0 fully saturated rings. The molecule has 3 N–H and O–H groups in total. The minimum Gasteiger partial charge on any atom is -0.463 e. The molecule has 3 aromatic heterocycles. The van der Waals surface area contributed by atoms with E-state index >= 15 is 0 Å². The lowest BCUT2D eigenvalue weighted by Crippen LogP contribution is -2.12. The van der Waals surface area contributed by atoms with Crippen molar-refractivity contribution in [3.05, 3.63) is 36.8 Å². The number of rotatable bonds is 3. The van der Waals surface area contributed by atoms with Gasteiger partial charge in [0.2, 0.25) is 0 Å². The molecule has 0 amide bonds. The number of nitrogens with one attached hydrogen (secondary N) is 1. The van der Waals surface area contributed by atoms with Gasteiger partial charge in [-0.2, -0.15) is 0 Å². The van der Waals surface area contributed by atoms with Crippen LogP contribution in [0.5, 0.6) is 0 Å². The smallest absolute Gasteiger partial charge is 0.257 e. The van der Waals surface area contributed by atoms with Gasteiger partial charge < -0.3 is 8.83 Å². The first kappa shape index (κ1) is 10.5. The van der Waals surface area contributed by atoms with Crippen molar-refractivity contribution in [3.63, 3.8) is 0 Å². The van der Waals surface area contributed by atoms with E-state index in [2.05, 4.69) is 20.6 Å². The lowest BCUT2D eigenvalue weighted by atomic mass is 10.2. The molecule has 0 aliphatic heterocycles. The Morgan fingerprint density at radius 3 is 2.17 bits per heavy atom. The Morgan fingerprint density at radius 2 is 1.61 bits per heavy atom. The fourth-order valence-corrected chi connectivity index (χ4v) is 1.55. The summed E-state index contributed by atoms with van der Waals surface area (Å²) in [6.07, 6.45) is 3.11. The Labute approximate surface area is 102 Å². The Kier molecular flexibility index (Phi) is 2.50. The standard InChI is InChI=1S/C11H9N5O2/c12-14-11-13-9(7-3-1-5-17-7)10(15-16-11)8-4-2-6-18-8/h1-6H,12H2,(H,13,14,16). The second-order valence-electron chi connectivity index (χ2n) is 3.43. The van der Waals surface area contributed by atoms with Crippen LogP contribution in [-0.4, -0.2) is 15.2 Å². The van der Waals surface area contributed by atoms with Gasteiger partial charge in [-0.1, -0.05) is 0 Å². The van der Waals surface area contributed by atoms with Crippen molar-refractivity contribution < 1.29 is 8.83 Å². The number of nitrogens with zero attached hydrogens (tertiary/aromatic N) is 3. The molecule has 3 heterocycles. The first-order valence-corrected chi connectivity index (χ1v) is 5.17. The van der Waals surface area contributed by atoms with Crippen LogP contribution < -0.4 is 11.3 Å². The molecule has 90 valence electrons. The van der Waals surface area contributed by atoms with E-state index in [4.69, 9.17) is 14.7 Å². The minimum absolute atomic E-state index is 0.205. The highest BCUT2D eigenvalue weighted by Gasteiger charge is 2.17. The average Bonchev–Trinajstić information content (AvgIpc) is 3.11. The number of hydrogen-bond donors (Lipinski definition) is 2. The molecule has 0 saturated carbocycles.